The van der Waals surface area contributed by atoms with Gasteiger partial charge in [-0.25, -0.2) is 4.98 Å². The second-order valence-corrected chi connectivity index (χ2v) is 6.80. The van der Waals surface area contributed by atoms with Crippen LogP contribution >= 0.6 is 11.8 Å². The van der Waals surface area contributed by atoms with Crippen LogP contribution in [0.2, 0.25) is 0 Å². The molecule has 1 aromatic heterocycles. The maximum atomic E-state index is 12.1. The molecule has 0 aliphatic carbocycles. The monoisotopic (exact) mass is 398 g/mol. The highest BCUT2D eigenvalue weighted by molar-refractivity contribution is 7.99. The third kappa shape index (κ3) is 4.49. The van der Waals surface area contributed by atoms with Gasteiger partial charge in [-0.2, -0.15) is 0 Å². The van der Waals surface area contributed by atoms with E-state index in [1.54, 1.807) is 13.3 Å². The summed E-state index contributed by atoms with van der Waals surface area (Å²) in [6.45, 7) is 0. The summed E-state index contributed by atoms with van der Waals surface area (Å²) >= 11 is 1.31. The van der Waals surface area contributed by atoms with E-state index < -0.39 is 4.92 Å². The molecule has 0 unspecified atom stereocenters. The molecule has 0 saturated heterocycles. The van der Waals surface area contributed by atoms with Crippen LogP contribution in [0.3, 0.4) is 0 Å². The lowest BCUT2D eigenvalue weighted by atomic mass is 10.1. The van der Waals surface area contributed by atoms with Crippen LogP contribution < -0.4 is 10.1 Å². The SMILES string of the molecule is COc1ccc(-c2cnc(SCC(=O)Nc3ccc([N+](=O)[O-])cc3)n2C)cc1. The quantitative estimate of drug-likeness (QED) is 0.370. The van der Waals surface area contributed by atoms with Gasteiger partial charge in [0, 0.05) is 30.4 Å². The number of anilines is 1. The van der Waals surface area contributed by atoms with E-state index in [1.165, 1.54) is 36.0 Å². The largest absolute Gasteiger partial charge is 0.497 e. The molecule has 0 atom stereocenters. The van der Waals surface area contributed by atoms with Crippen LogP contribution in [0.5, 0.6) is 5.75 Å². The van der Waals surface area contributed by atoms with Crippen molar-refractivity contribution in [1.29, 1.82) is 0 Å². The number of thioether (sulfide) groups is 1. The van der Waals surface area contributed by atoms with Crippen LogP contribution in [0.1, 0.15) is 0 Å². The van der Waals surface area contributed by atoms with Gasteiger partial charge in [0.1, 0.15) is 5.75 Å². The number of methoxy groups -OCH3 is 1. The van der Waals surface area contributed by atoms with E-state index in [0.717, 1.165) is 17.0 Å². The van der Waals surface area contributed by atoms with Gasteiger partial charge in [0.25, 0.3) is 5.69 Å². The van der Waals surface area contributed by atoms with Gasteiger partial charge in [-0.15, -0.1) is 0 Å². The van der Waals surface area contributed by atoms with Crippen molar-refractivity contribution in [2.24, 2.45) is 7.05 Å². The van der Waals surface area contributed by atoms with E-state index in [2.05, 4.69) is 10.3 Å². The van der Waals surface area contributed by atoms with Crippen LogP contribution in [0.15, 0.2) is 59.9 Å². The molecule has 28 heavy (non-hydrogen) atoms. The van der Waals surface area contributed by atoms with Crippen molar-refractivity contribution in [3.63, 3.8) is 0 Å². The zero-order valence-electron chi connectivity index (χ0n) is 15.3. The number of amides is 1. The van der Waals surface area contributed by atoms with Crippen molar-refractivity contribution >= 4 is 29.0 Å². The van der Waals surface area contributed by atoms with E-state index in [0.29, 0.717) is 10.8 Å². The van der Waals surface area contributed by atoms with Crippen LogP contribution in [-0.2, 0) is 11.8 Å². The first-order valence-electron chi connectivity index (χ1n) is 8.31. The summed E-state index contributed by atoms with van der Waals surface area (Å²) in [6, 6.07) is 13.4. The lowest BCUT2D eigenvalue weighted by molar-refractivity contribution is -0.384. The van der Waals surface area contributed by atoms with Gasteiger partial charge in [-0.1, -0.05) is 11.8 Å². The number of nitrogens with zero attached hydrogens (tertiary/aromatic N) is 3. The van der Waals surface area contributed by atoms with Crippen molar-refractivity contribution in [3.05, 3.63) is 64.8 Å². The molecule has 0 aliphatic heterocycles. The molecular formula is C19H18N4O4S. The number of hydrogen-bond acceptors (Lipinski definition) is 6. The van der Waals surface area contributed by atoms with Crippen LogP contribution in [0.25, 0.3) is 11.3 Å². The van der Waals surface area contributed by atoms with Gasteiger partial charge in [0.05, 0.1) is 29.7 Å². The highest BCUT2D eigenvalue weighted by Gasteiger charge is 2.12. The lowest BCUT2D eigenvalue weighted by Crippen LogP contribution is -2.14. The topological polar surface area (TPSA) is 99.3 Å². The van der Waals surface area contributed by atoms with E-state index >= 15 is 0 Å². The van der Waals surface area contributed by atoms with Gasteiger partial charge < -0.3 is 14.6 Å². The van der Waals surface area contributed by atoms with Crippen molar-refractivity contribution < 1.29 is 14.5 Å². The molecule has 0 aliphatic rings. The molecule has 3 aromatic rings. The molecule has 0 bridgehead atoms. The number of rotatable bonds is 7. The fraction of sp³-hybridized carbons (Fsp3) is 0.158. The number of non-ortho nitro benzene ring substituents is 1. The zero-order chi connectivity index (χ0) is 20.1. The van der Waals surface area contributed by atoms with Crippen LogP contribution in [0, 0.1) is 10.1 Å². The normalized spacial score (nSPS) is 10.5. The number of nitro benzene ring substituents is 1. The van der Waals surface area contributed by atoms with E-state index in [1.807, 2.05) is 35.9 Å². The first-order valence-corrected chi connectivity index (χ1v) is 9.29. The first kappa shape index (κ1) is 19.4. The Labute approximate surface area is 165 Å². The molecule has 1 amide bonds. The Morgan fingerprint density at radius 2 is 1.89 bits per heavy atom. The molecule has 3 rings (SSSR count). The van der Waals surface area contributed by atoms with Gasteiger partial charge in [-0.05, 0) is 36.4 Å². The molecule has 0 radical (unpaired) electrons. The third-order valence-corrected chi connectivity index (χ3v) is 5.07. The highest BCUT2D eigenvalue weighted by atomic mass is 32.2. The third-order valence-electron chi connectivity index (χ3n) is 4.03. The molecule has 0 spiro atoms. The van der Waals surface area contributed by atoms with E-state index in [-0.39, 0.29) is 17.3 Å². The smallest absolute Gasteiger partial charge is 0.269 e. The van der Waals surface area contributed by atoms with Crippen LogP contribution in [-0.4, -0.2) is 33.2 Å². The van der Waals surface area contributed by atoms with E-state index in [9.17, 15) is 14.9 Å². The maximum Gasteiger partial charge on any atom is 0.269 e. The molecule has 1 heterocycles. The minimum atomic E-state index is -0.483. The summed E-state index contributed by atoms with van der Waals surface area (Å²) in [7, 11) is 3.51. The Morgan fingerprint density at radius 3 is 2.50 bits per heavy atom. The second-order valence-electron chi connectivity index (χ2n) is 5.85. The van der Waals surface area contributed by atoms with Crippen molar-refractivity contribution in [2.75, 3.05) is 18.2 Å². The summed E-state index contributed by atoms with van der Waals surface area (Å²) in [4.78, 5) is 26.7. The number of hydrogen-bond donors (Lipinski definition) is 1. The lowest BCUT2D eigenvalue weighted by Gasteiger charge is -2.07. The van der Waals surface area contributed by atoms with Gasteiger partial charge >= 0.3 is 0 Å². The molecular weight excluding hydrogens is 380 g/mol. The minimum absolute atomic E-state index is 0.0218. The Balaban J connectivity index is 1.60. The van der Waals surface area contributed by atoms with Crippen molar-refractivity contribution in [2.45, 2.75) is 5.16 Å². The van der Waals surface area contributed by atoms with Crippen LogP contribution in [0.4, 0.5) is 11.4 Å². The predicted molar refractivity (Wildman–Crippen MR) is 108 cm³/mol. The van der Waals surface area contributed by atoms with Crippen molar-refractivity contribution in [1.82, 2.24) is 9.55 Å². The maximum absolute atomic E-state index is 12.1. The second kappa shape index (κ2) is 8.57. The van der Waals surface area contributed by atoms with Gasteiger partial charge in [0.15, 0.2) is 5.16 Å². The summed E-state index contributed by atoms with van der Waals surface area (Å²) in [6.07, 6.45) is 1.76. The summed E-state index contributed by atoms with van der Waals surface area (Å²) in [5.41, 5.74) is 2.42. The number of ether oxygens (including phenoxy) is 1. The molecule has 9 heteroatoms. The fourth-order valence-corrected chi connectivity index (χ4v) is 3.30. The number of carbonyl (C=O) groups excluding carboxylic acids is 1. The number of imidazole rings is 1. The zero-order valence-corrected chi connectivity index (χ0v) is 16.1. The average Bonchev–Trinajstić information content (AvgIpc) is 3.07. The minimum Gasteiger partial charge on any atom is -0.497 e. The number of aromatic nitrogens is 2. The Morgan fingerprint density at radius 1 is 1.21 bits per heavy atom. The molecule has 144 valence electrons. The molecule has 0 saturated carbocycles. The first-order chi connectivity index (χ1) is 13.5. The molecule has 8 nitrogen and oxygen atoms in total. The predicted octanol–water partition coefficient (Wildman–Crippen LogP) is 3.73. The molecule has 1 N–H and O–H groups in total. The highest BCUT2D eigenvalue weighted by Crippen LogP contribution is 2.26. The van der Waals surface area contributed by atoms with Gasteiger partial charge in [-0.3, -0.25) is 14.9 Å². The standard InChI is InChI=1S/C19H18N4O4S/c1-22-17(13-3-9-16(27-2)10-4-13)11-20-19(22)28-12-18(24)21-14-5-7-15(8-6-14)23(25)26/h3-11H,12H2,1-2H3,(H,21,24). The average molecular weight is 398 g/mol. The number of carbonyl (C=O) groups is 1. The Bertz CT molecular complexity index is 984. The van der Waals surface area contributed by atoms with Crippen molar-refractivity contribution in [3.8, 4) is 17.0 Å². The summed E-state index contributed by atoms with van der Waals surface area (Å²) < 4.78 is 7.09. The Kier molecular flexibility index (Phi) is 5.95. The summed E-state index contributed by atoms with van der Waals surface area (Å²) in [5, 5.41) is 14.1. The number of nitrogens with one attached hydrogen (secondary N) is 1. The van der Waals surface area contributed by atoms with Gasteiger partial charge in [0.2, 0.25) is 5.91 Å². The number of benzene rings is 2. The molecule has 0 fully saturated rings. The summed E-state index contributed by atoms with van der Waals surface area (Å²) in [5.74, 6) is 0.737. The number of nitro groups is 1. The van der Waals surface area contributed by atoms with E-state index in [4.69, 9.17) is 4.74 Å². The fourth-order valence-electron chi connectivity index (χ4n) is 2.55. The Hall–Kier alpha value is -3.33. The molecule has 2 aromatic carbocycles.